The Morgan fingerprint density at radius 2 is 1.77 bits per heavy atom. The minimum Gasteiger partial charge on any atom is -0.454 e. The Balaban J connectivity index is 1.48. The summed E-state index contributed by atoms with van der Waals surface area (Å²) in [6.45, 7) is 0.885. The van der Waals surface area contributed by atoms with Crippen LogP contribution in [0.1, 0.15) is 44.7 Å². The summed E-state index contributed by atoms with van der Waals surface area (Å²) in [5.74, 6) is 1.70. The second kappa shape index (κ2) is 5.66. The number of amides is 1. The highest BCUT2D eigenvalue weighted by Crippen LogP contribution is 2.50. The molecule has 0 bridgehead atoms. The highest BCUT2D eigenvalue weighted by molar-refractivity contribution is 6.01. The van der Waals surface area contributed by atoms with Gasteiger partial charge in [0.05, 0.1) is 6.04 Å². The van der Waals surface area contributed by atoms with Crippen molar-refractivity contribution in [1.82, 2.24) is 9.88 Å². The molecule has 30 heavy (non-hydrogen) atoms. The lowest BCUT2D eigenvalue weighted by Crippen LogP contribution is -2.37. The number of carbonyl (C=O) groups is 1. The van der Waals surface area contributed by atoms with Crippen molar-refractivity contribution in [2.24, 2.45) is 0 Å². The summed E-state index contributed by atoms with van der Waals surface area (Å²) in [5.41, 5.74) is 6.51. The van der Waals surface area contributed by atoms with Crippen LogP contribution in [0.4, 0.5) is 0 Å². The summed E-state index contributed by atoms with van der Waals surface area (Å²) >= 11 is 0. The standard InChI is InChI=1S/C25H18N2O3/c28-25-16-6-2-1-5-15(16)24-23-22(17-7-3-4-8-19(17)26-23)18(12-27(24)25)14-9-10-20-21(11-14)30-13-29-20/h1-11,18,24,26H,12-13H2/t18-,24-/m1/s1. The van der Waals surface area contributed by atoms with Gasteiger partial charge < -0.3 is 19.4 Å². The van der Waals surface area contributed by atoms with E-state index >= 15 is 0 Å². The van der Waals surface area contributed by atoms with Crippen molar-refractivity contribution in [2.75, 3.05) is 13.3 Å². The molecule has 3 aromatic carbocycles. The van der Waals surface area contributed by atoms with Crippen molar-refractivity contribution >= 4 is 16.8 Å². The first kappa shape index (κ1) is 16.1. The van der Waals surface area contributed by atoms with Gasteiger partial charge in [0.15, 0.2) is 11.5 Å². The number of aromatic nitrogens is 1. The molecule has 7 rings (SSSR count). The van der Waals surface area contributed by atoms with Gasteiger partial charge in [-0.15, -0.1) is 0 Å². The van der Waals surface area contributed by atoms with Crippen molar-refractivity contribution < 1.29 is 14.3 Å². The maximum absolute atomic E-state index is 13.3. The Labute approximate surface area is 172 Å². The molecule has 3 aliphatic heterocycles. The zero-order valence-corrected chi connectivity index (χ0v) is 16.1. The number of H-pyrrole nitrogens is 1. The Hall–Kier alpha value is -3.73. The smallest absolute Gasteiger partial charge is 0.255 e. The lowest BCUT2D eigenvalue weighted by atomic mass is 9.83. The number of fused-ring (bicyclic) bond motifs is 8. The monoisotopic (exact) mass is 394 g/mol. The number of rotatable bonds is 1. The lowest BCUT2D eigenvalue weighted by Gasteiger charge is -2.36. The third kappa shape index (κ3) is 1.99. The minimum absolute atomic E-state index is 0.0557. The summed E-state index contributed by atoms with van der Waals surface area (Å²) in [7, 11) is 0. The van der Waals surface area contributed by atoms with E-state index in [9.17, 15) is 4.79 Å². The van der Waals surface area contributed by atoms with Crippen LogP contribution in [0.25, 0.3) is 10.9 Å². The molecule has 1 amide bonds. The quantitative estimate of drug-likeness (QED) is 0.514. The zero-order chi connectivity index (χ0) is 19.8. The molecule has 5 nitrogen and oxygen atoms in total. The van der Waals surface area contributed by atoms with E-state index in [1.165, 1.54) is 10.9 Å². The molecule has 0 fully saturated rings. The topological polar surface area (TPSA) is 54.6 Å². The maximum atomic E-state index is 13.3. The first-order valence-corrected chi connectivity index (χ1v) is 10.2. The molecule has 0 saturated heterocycles. The summed E-state index contributed by atoms with van der Waals surface area (Å²) in [6, 6.07) is 22.4. The Kier molecular flexibility index (Phi) is 3.04. The number of aromatic amines is 1. The summed E-state index contributed by atoms with van der Waals surface area (Å²) in [5, 5.41) is 1.21. The fourth-order valence-corrected chi connectivity index (χ4v) is 5.34. The van der Waals surface area contributed by atoms with Crippen LogP contribution in [0.5, 0.6) is 11.5 Å². The van der Waals surface area contributed by atoms with Crippen molar-refractivity contribution in [2.45, 2.75) is 12.0 Å². The van der Waals surface area contributed by atoms with Gasteiger partial charge in [-0.3, -0.25) is 4.79 Å². The first-order chi connectivity index (χ1) is 14.8. The second-order valence-electron chi connectivity index (χ2n) is 8.11. The summed E-state index contributed by atoms with van der Waals surface area (Å²) < 4.78 is 11.1. The minimum atomic E-state index is -0.0682. The van der Waals surface area contributed by atoms with Crippen LogP contribution in [0.2, 0.25) is 0 Å². The normalized spacial score (nSPS) is 20.9. The molecule has 1 aromatic heterocycles. The predicted octanol–water partition coefficient (Wildman–Crippen LogP) is 4.59. The molecule has 146 valence electrons. The van der Waals surface area contributed by atoms with E-state index in [4.69, 9.17) is 9.47 Å². The number of nitrogens with one attached hydrogen (secondary N) is 1. The molecule has 4 heterocycles. The van der Waals surface area contributed by atoms with Gasteiger partial charge in [-0.05, 0) is 41.0 Å². The van der Waals surface area contributed by atoms with Gasteiger partial charge in [0.25, 0.3) is 5.91 Å². The number of hydrogen-bond donors (Lipinski definition) is 1. The largest absolute Gasteiger partial charge is 0.454 e. The number of carbonyl (C=O) groups excluding carboxylic acids is 1. The average molecular weight is 394 g/mol. The van der Waals surface area contributed by atoms with Crippen molar-refractivity contribution in [1.29, 1.82) is 0 Å². The molecule has 0 unspecified atom stereocenters. The van der Waals surface area contributed by atoms with Gasteiger partial charge in [0.1, 0.15) is 0 Å². The van der Waals surface area contributed by atoms with E-state index < -0.39 is 0 Å². The van der Waals surface area contributed by atoms with Crippen molar-refractivity contribution in [3.8, 4) is 11.5 Å². The Bertz CT molecular complexity index is 1360. The Morgan fingerprint density at radius 3 is 2.73 bits per heavy atom. The maximum Gasteiger partial charge on any atom is 0.255 e. The number of hydrogen-bond acceptors (Lipinski definition) is 3. The molecule has 2 atom stereocenters. The first-order valence-electron chi connectivity index (χ1n) is 10.2. The molecule has 0 radical (unpaired) electrons. The van der Waals surface area contributed by atoms with Gasteiger partial charge in [-0.2, -0.15) is 0 Å². The third-order valence-corrected chi connectivity index (χ3v) is 6.64. The van der Waals surface area contributed by atoms with E-state index in [0.29, 0.717) is 6.54 Å². The molecule has 4 aromatic rings. The SMILES string of the molecule is O=C1c2ccccc2[C@@H]2c3[nH]c4ccccc4c3[C@@H](c3ccc4c(c3)OCO4)CN12. The van der Waals surface area contributed by atoms with Gasteiger partial charge in [-0.25, -0.2) is 0 Å². The van der Waals surface area contributed by atoms with E-state index in [1.807, 2.05) is 35.2 Å². The van der Waals surface area contributed by atoms with Gasteiger partial charge in [-0.1, -0.05) is 42.5 Å². The van der Waals surface area contributed by atoms with Crippen LogP contribution in [0, 0.1) is 0 Å². The fourth-order valence-electron chi connectivity index (χ4n) is 5.34. The van der Waals surface area contributed by atoms with E-state index in [2.05, 4.69) is 41.4 Å². The van der Waals surface area contributed by atoms with Crippen molar-refractivity contribution in [3.05, 3.63) is 94.7 Å². The average Bonchev–Trinajstić information content (AvgIpc) is 3.47. The van der Waals surface area contributed by atoms with E-state index in [0.717, 1.165) is 39.4 Å². The van der Waals surface area contributed by atoms with Crippen LogP contribution in [0.3, 0.4) is 0 Å². The number of benzene rings is 3. The Morgan fingerprint density at radius 1 is 0.933 bits per heavy atom. The van der Waals surface area contributed by atoms with E-state index in [1.54, 1.807) is 0 Å². The number of para-hydroxylation sites is 1. The van der Waals surface area contributed by atoms with Crippen molar-refractivity contribution in [3.63, 3.8) is 0 Å². The number of nitrogens with zero attached hydrogens (tertiary/aromatic N) is 1. The molecule has 3 aliphatic rings. The lowest BCUT2D eigenvalue weighted by molar-refractivity contribution is 0.0727. The second-order valence-corrected chi connectivity index (χ2v) is 8.11. The molecular formula is C25H18N2O3. The van der Waals surface area contributed by atoms with Gasteiger partial charge >= 0.3 is 0 Å². The molecule has 0 saturated carbocycles. The third-order valence-electron chi connectivity index (χ3n) is 6.64. The fraction of sp³-hybridized carbons (Fsp3) is 0.160. The molecule has 0 aliphatic carbocycles. The molecule has 1 N–H and O–H groups in total. The molecule has 0 spiro atoms. The van der Waals surface area contributed by atoms with Crippen LogP contribution >= 0.6 is 0 Å². The highest BCUT2D eigenvalue weighted by Gasteiger charge is 2.45. The van der Waals surface area contributed by atoms with Crippen LogP contribution in [-0.4, -0.2) is 29.1 Å². The summed E-state index contributed by atoms with van der Waals surface area (Å²) in [4.78, 5) is 19.0. The summed E-state index contributed by atoms with van der Waals surface area (Å²) in [6.07, 6.45) is 0. The van der Waals surface area contributed by atoms with E-state index in [-0.39, 0.29) is 24.7 Å². The van der Waals surface area contributed by atoms with Gasteiger partial charge in [0.2, 0.25) is 6.79 Å². The van der Waals surface area contributed by atoms with Gasteiger partial charge in [0, 0.05) is 34.6 Å². The highest BCUT2D eigenvalue weighted by atomic mass is 16.7. The van der Waals surface area contributed by atoms with Crippen LogP contribution in [-0.2, 0) is 0 Å². The van der Waals surface area contributed by atoms with Crippen LogP contribution in [0.15, 0.2) is 66.7 Å². The number of ether oxygens (including phenoxy) is 2. The zero-order valence-electron chi connectivity index (χ0n) is 16.1. The molecular weight excluding hydrogens is 376 g/mol. The predicted molar refractivity (Wildman–Crippen MR) is 112 cm³/mol. The molecule has 5 heteroatoms. The van der Waals surface area contributed by atoms with Crippen LogP contribution < -0.4 is 9.47 Å².